The zero-order valence-corrected chi connectivity index (χ0v) is 11.3. The van der Waals surface area contributed by atoms with E-state index < -0.39 is 18.0 Å². The highest BCUT2D eigenvalue weighted by Crippen LogP contribution is 2.13. The van der Waals surface area contributed by atoms with Crippen molar-refractivity contribution in [3.63, 3.8) is 0 Å². The minimum atomic E-state index is -0.721. The number of primary amides is 1. The highest BCUT2D eigenvalue weighted by molar-refractivity contribution is 5.97. The minimum Gasteiger partial charge on any atom is -0.508 e. The third-order valence-electron chi connectivity index (χ3n) is 3.32. The molecule has 1 saturated heterocycles. The Morgan fingerprint density at radius 1 is 1.10 bits per heavy atom. The normalized spacial score (nSPS) is 21.5. The van der Waals surface area contributed by atoms with E-state index in [0.29, 0.717) is 6.42 Å². The number of hydrogen-bond acceptors (Lipinski definition) is 4. The van der Waals surface area contributed by atoms with Gasteiger partial charge in [0.05, 0.1) is 0 Å². The van der Waals surface area contributed by atoms with Gasteiger partial charge in [-0.3, -0.25) is 14.4 Å². The number of nitrogens with two attached hydrogens (primary N) is 1. The summed E-state index contributed by atoms with van der Waals surface area (Å²) in [6.45, 7) is 0. The van der Waals surface area contributed by atoms with Gasteiger partial charge in [-0.25, -0.2) is 0 Å². The van der Waals surface area contributed by atoms with E-state index >= 15 is 0 Å². The van der Waals surface area contributed by atoms with E-state index in [1.807, 2.05) is 0 Å². The number of phenolic OH excluding ortho intramolecular Hbond substituents is 1. The molecule has 112 valence electrons. The number of rotatable bonds is 5. The Bertz CT molecular complexity index is 556. The number of aromatic hydroxyl groups is 1. The van der Waals surface area contributed by atoms with E-state index in [0.717, 1.165) is 5.56 Å². The topological polar surface area (TPSA) is 122 Å². The Morgan fingerprint density at radius 3 is 2.29 bits per heavy atom. The van der Waals surface area contributed by atoms with Gasteiger partial charge in [0.15, 0.2) is 0 Å². The standard InChI is InChI=1S/C14H17N3O4/c15-12(19)6-5-10-13(20)17-11(14(21)16-10)7-8-1-3-9(18)4-2-8/h1-4,10-11,18H,5-7H2,(H2,15,19)(H,16,21)(H,17,20)/t10-,11-/m0/s1. The molecule has 1 aliphatic heterocycles. The zero-order valence-electron chi connectivity index (χ0n) is 11.3. The molecule has 21 heavy (non-hydrogen) atoms. The lowest BCUT2D eigenvalue weighted by molar-refractivity contribution is -0.137. The van der Waals surface area contributed by atoms with Crippen LogP contribution in [0.3, 0.4) is 0 Å². The van der Waals surface area contributed by atoms with Crippen LogP contribution in [0, 0.1) is 0 Å². The molecule has 2 atom stereocenters. The fraction of sp³-hybridized carbons (Fsp3) is 0.357. The highest BCUT2D eigenvalue weighted by Gasteiger charge is 2.33. The molecule has 0 saturated carbocycles. The fourth-order valence-electron chi connectivity index (χ4n) is 2.18. The Labute approximate surface area is 121 Å². The smallest absolute Gasteiger partial charge is 0.243 e. The van der Waals surface area contributed by atoms with Crippen molar-refractivity contribution >= 4 is 17.7 Å². The maximum Gasteiger partial charge on any atom is 0.243 e. The molecule has 1 aromatic rings. The van der Waals surface area contributed by atoms with Crippen molar-refractivity contribution in [3.8, 4) is 5.75 Å². The molecule has 1 aromatic carbocycles. The van der Waals surface area contributed by atoms with E-state index in [4.69, 9.17) is 5.73 Å². The van der Waals surface area contributed by atoms with Gasteiger partial charge in [-0.15, -0.1) is 0 Å². The molecule has 0 spiro atoms. The molecular formula is C14H17N3O4. The van der Waals surface area contributed by atoms with Crippen molar-refractivity contribution < 1.29 is 19.5 Å². The Balaban J connectivity index is 1.95. The van der Waals surface area contributed by atoms with Crippen molar-refractivity contribution in [1.82, 2.24) is 10.6 Å². The van der Waals surface area contributed by atoms with Crippen LogP contribution in [0.2, 0.25) is 0 Å². The molecule has 5 N–H and O–H groups in total. The zero-order chi connectivity index (χ0) is 15.4. The van der Waals surface area contributed by atoms with Gasteiger partial charge >= 0.3 is 0 Å². The number of carbonyl (C=O) groups excluding carboxylic acids is 3. The summed E-state index contributed by atoms with van der Waals surface area (Å²) < 4.78 is 0. The molecule has 2 rings (SSSR count). The number of piperazine rings is 1. The first-order valence-corrected chi connectivity index (χ1v) is 6.62. The molecule has 1 aliphatic rings. The Kier molecular flexibility index (Phi) is 4.42. The molecule has 1 fully saturated rings. The molecule has 0 unspecified atom stereocenters. The minimum absolute atomic E-state index is 0.0427. The Hall–Kier alpha value is -2.57. The summed E-state index contributed by atoms with van der Waals surface area (Å²) in [5.41, 5.74) is 5.85. The van der Waals surface area contributed by atoms with Crippen LogP contribution in [0.4, 0.5) is 0 Å². The Morgan fingerprint density at radius 2 is 1.67 bits per heavy atom. The third-order valence-corrected chi connectivity index (χ3v) is 3.32. The van der Waals surface area contributed by atoms with Crippen LogP contribution in [-0.4, -0.2) is 34.9 Å². The van der Waals surface area contributed by atoms with Crippen LogP contribution in [0.5, 0.6) is 5.75 Å². The number of amides is 3. The first-order chi connectivity index (χ1) is 9.95. The average Bonchev–Trinajstić information content (AvgIpc) is 2.43. The molecule has 7 heteroatoms. The van der Waals surface area contributed by atoms with Crippen molar-refractivity contribution in [3.05, 3.63) is 29.8 Å². The lowest BCUT2D eigenvalue weighted by atomic mass is 10.00. The summed E-state index contributed by atoms with van der Waals surface area (Å²) >= 11 is 0. The monoisotopic (exact) mass is 291 g/mol. The molecule has 0 aromatic heterocycles. The largest absolute Gasteiger partial charge is 0.508 e. The average molecular weight is 291 g/mol. The maximum atomic E-state index is 12.0. The van der Waals surface area contributed by atoms with E-state index in [2.05, 4.69) is 10.6 Å². The molecular weight excluding hydrogens is 274 g/mol. The summed E-state index contributed by atoms with van der Waals surface area (Å²) in [5.74, 6) is -0.984. The van der Waals surface area contributed by atoms with Crippen LogP contribution in [-0.2, 0) is 20.8 Å². The molecule has 0 aliphatic carbocycles. The van der Waals surface area contributed by atoms with Gasteiger partial charge in [0.2, 0.25) is 17.7 Å². The van der Waals surface area contributed by atoms with Gasteiger partial charge in [-0.1, -0.05) is 12.1 Å². The molecule has 3 amide bonds. The van der Waals surface area contributed by atoms with E-state index in [1.165, 1.54) is 12.1 Å². The van der Waals surface area contributed by atoms with Crippen LogP contribution >= 0.6 is 0 Å². The van der Waals surface area contributed by atoms with Gasteiger partial charge in [0.1, 0.15) is 17.8 Å². The van der Waals surface area contributed by atoms with Gasteiger partial charge < -0.3 is 21.5 Å². The maximum absolute atomic E-state index is 12.0. The molecule has 1 heterocycles. The van der Waals surface area contributed by atoms with Crippen LogP contribution in [0.1, 0.15) is 18.4 Å². The summed E-state index contributed by atoms with van der Waals surface area (Å²) in [4.78, 5) is 34.6. The van der Waals surface area contributed by atoms with Crippen LogP contribution < -0.4 is 16.4 Å². The first kappa shape index (κ1) is 14.8. The first-order valence-electron chi connectivity index (χ1n) is 6.62. The van der Waals surface area contributed by atoms with Gasteiger partial charge in [-0.2, -0.15) is 0 Å². The molecule has 0 bridgehead atoms. The SMILES string of the molecule is NC(=O)CC[C@@H]1NC(=O)[C@H](Cc2ccc(O)cc2)NC1=O. The third kappa shape index (κ3) is 3.95. The lowest BCUT2D eigenvalue weighted by Gasteiger charge is -2.29. The number of carbonyl (C=O) groups is 3. The van der Waals surface area contributed by atoms with E-state index in [9.17, 15) is 19.5 Å². The van der Waals surface area contributed by atoms with Gasteiger partial charge in [-0.05, 0) is 24.1 Å². The fourth-order valence-corrected chi connectivity index (χ4v) is 2.18. The predicted octanol–water partition coefficient (Wildman–Crippen LogP) is -0.817. The van der Waals surface area contributed by atoms with Crippen LogP contribution in [0.25, 0.3) is 0 Å². The van der Waals surface area contributed by atoms with Crippen molar-refractivity contribution in [2.24, 2.45) is 5.73 Å². The molecule has 7 nitrogen and oxygen atoms in total. The summed E-state index contributed by atoms with van der Waals surface area (Å²) in [6, 6.07) is 5.04. The summed E-state index contributed by atoms with van der Waals surface area (Å²) in [5, 5.41) is 14.4. The number of hydrogen-bond donors (Lipinski definition) is 4. The van der Waals surface area contributed by atoms with E-state index in [-0.39, 0.29) is 30.4 Å². The van der Waals surface area contributed by atoms with E-state index in [1.54, 1.807) is 12.1 Å². The van der Waals surface area contributed by atoms with Crippen LogP contribution in [0.15, 0.2) is 24.3 Å². The number of nitrogens with one attached hydrogen (secondary N) is 2. The van der Waals surface area contributed by atoms with Gasteiger partial charge in [0.25, 0.3) is 0 Å². The number of phenols is 1. The van der Waals surface area contributed by atoms with Gasteiger partial charge in [0, 0.05) is 12.8 Å². The predicted molar refractivity (Wildman–Crippen MR) is 74.1 cm³/mol. The lowest BCUT2D eigenvalue weighted by Crippen LogP contribution is -2.62. The second-order valence-electron chi connectivity index (χ2n) is 5.00. The second-order valence-corrected chi connectivity index (χ2v) is 5.00. The quantitative estimate of drug-likeness (QED) is 0.566. The van der Waals surface area contributed by atoms with Crippen molar-refractivity contribution in [1.29, 1.82) is 0 Å². The van der Waals surface area contributed by atoms with Crippen molar-refractivity contribution in [2.45, 2.75) is 31.3 Å². The molecule has 0 radical (unpaired) electrons. The second kappa shape index (κ2) is 6.25. The summed E-state index contributed by atoms with van der Waals surface area (Å²) in [7, 11) is 0. The summed E-state index contributed by atoms with van der Waals surface area (Å²) in [6.07, 6.45) is 0.570. The highest BCUT2D eigenvalue weighted by atomic mass is 16.3. The van der Waals surface area contributed by atoms with Crippen molar-refractivity contribution in [2.75, 3.05) is 0 Å². The number of benzene rings is 1.